The fourth-order valence-electron chi connectivity index (χ4n) is 3.22. The summed E-state index contributed by atoms with van der Waals surface area (Å²) >= 11 is 0. The second-order valence-electron chi connectivity index (χ2n) is 5.56. The number of fused-ring (bicyclic) bond motifs is 3. The highest BCUT2D eigenvalue weighted by Crippen LogP contribution is 2.36. The lowest BCUT2D eigenvalue weighted by molar-refractivity contribution is 1.15. The standard InChI is InChI=1S/C21H17N/c1-2-15-12-13-19-21(20(15)16-8-4-3-5-9-16)18-11-7-6-10-17(18)14-22-19/h3-14H,2H2,1H3. The predicted molar refractivity (Wildman–Crippen MR) is 94.1 cm³/mol. The van der Waals surface area contributed by atoms with Crippen molar-refractivity contribution in [3.05, 3.63) is 78.5 Å². The first-order valence-electron chi connectivity index (χ1n) is 7.73. The van der Waals surface area contributed by atoms with Crippen molar-refractivity contribution < 1.29 is 0 Å². The van der Waals surface area contributed by atoms with Crippen LogP contribution in [0.4, 0.5) is 0 Å². The van der Waals surface area contributed by atoms with Crippen LogP contribution in [0.3, 0.4) is 0 Å². The molecule has 0 N–H and O–H groups in total. The van der Waals surface area contributed by atoms with Crippen LogP contribution >= 0.6 is 0 Å². The maximum Gasteiger partial charge on any atom is 0.0714 e. The third kappa shape index (κ3) is 1.98. The highest BCUT2D eigenvalue weighted by molar-refractivity contribution is 6.13. The molecule has 0 radical (unpaired) electrons. The van der Waals surface area contributed by atoms with Crippen molar-refractivity contribution in [1.29, 1.82) is 0 Å². The van der Waals surface area contributed by atoms with Gasteiger partial charge in [0, 0.05) is 17.0 Å². The molecule has 0 saturated heterocycles. The first-order chi connectivity index (χ1) is 10.9. The maximum atomic E-state index is 4.67. The molecular formula is C21H17N. The minimum atomic E-state index is 1.02. The molecule has 1 heterocycles. The topological polar surface area (TPSA) is 12.9 Å². The fourth-order valence-corrected chi connectivity index (χ4v) is 3.22. The van der Waals surface area contributed by atoms with E-state index in [4.69, 9.17) is 0 Å². The van der Waals surface area contributed by atoms with Gasteiger partial charge in [0.25, 0.3) is 0 Å². The van der Waals surface area contributed by atoms with Gasteiger partial charge in [-0.3, -0.25) is 4.98 Å². The normalized spacial score (nSPS) is 11.1. The lowest BCUT2D eigenvalue weighted by Gasteiger charge is -2.14. The first kappa shape index (κ1) is 13.0. The maximum absolute atomic E-state index is 4.67. The molecular weight excluding hydrogens is 266 g/mol. The quantitative estimate of drug-likeness (QED) is 0.435. The van der Waals surface area contributed by atoms with Crippen LogP contribution in [0.15, 0.2) is 72.9 Å². The molecule has 4 aromatic rings. The summed E-state index contributed by atoms with van der Waals surface area (Å²) < 4.78 is 0. The van der Waals surface area contributed by atoms with Crippen LogP contribution in [0.2, 0.25) is 0 Å². The average molecular weight is 283 g/mol. The Bertz CT molecular complexity index is 955. The van der Waals surface area contributed by atoms with Gasteiger partial charge in [-0.25, -0.2) is 0 Å². The van der Waals surface area contributed by atoms with Crippen molar-refractivity contribution in [2.75, 3.05) is 0 Å². The zero-order valence-corrected chi connectivity index (χ0v) is 12.6. The number of nitrogens with zero attached hydrogens (tertiary/aromatic N) is 1. The summed E-state index contributed by atoms with van der Waals surface area (Å²) in [4.78, 5) is 4.67. The van der Waals surface area contributed by atoms with Gasteiger partial charge in [-0.15, -0.1) is 0 Å². The van der Waals surface area contributed by atoms with Crippen molar-refractivity contribution in [3.63, 3.8) is 0 Å². The van der Waals surface area contributed by atoms with E-state index in [-0.39, 0.29) is 0 Å². The highest BCUT2D eigenvalue weighted by atomic mass is 14.6. The monoisotopic (exact) mass is 283 g/mol. The lowest BCUT2D eigenvalue weighted by Crippen LogP contribution is -1.92. The number of rotatable bonds is 2. The Labute approximate surface area is 130 Å². The Kier molecular flexibility index (Phi) is 3.12. The summed E-state index contributed by atoms with van der Waals surface area (Å²) in [6.07, 6.45) is 2.99. The Hall–Kier alpha value is -2.67. The number of aryl methyl sites for hydroxylation is 1. The third-order valence-corrected chi connectivity index (χ3v) is 4.29. The molecule has 0 fully saturated rings. The predicted octanol–water partition coefficient (Wildman–Crippen LogP) is 5.62. The van der Waals surface area contributed by atoms with Crippen molar-refractivity contribution in [2.45, 2.75) is 13.3 Å². The van der Waals surface area contributed by atoms with E-state index in [9.17, 15) is 0 Å². The van der Waals surface area contributed by atoms with E-state index in [1.165, 1.54) is 32.8 Å². The Morgan fingerprint density at radius 3 is 2.41 bits per heavy atom. The number of benzene rings is 3. The third-order valence-electron chi connectivity index (χ3n) is 4.29. The van der Waals surface area contributed by atoms with Gasteiger partial charge in [0.1, 0.15) is 0 Å². The number of aromatic nitrogens is 1. The Balaban J connectivity index is 2.22. The van der Waals surface area contributed by atoms with E-state index in [0.717, 1.165) is 11.9 Å². The lowest BCUT2D eigenvalue weighted by atomic mass is 9.91. The van der Waals surface area contributed by atoms with Crippen LogP contribution in [-0.4, -0.2) is 4.98 Å². The Morgan fingerprint density at radius 1 is 0.818 bits per heavy atom. The molecule has 0 aliphatic heterocycles. The van der Waals surface area contributed by atoms with E-state index in [1.807, 2.05) is 6.20 Å². The smallest absolute Gasteiger partial charge is 0.0714 e. The van der Waals surface area contributed by atoms with Crippen LogP contribution in [-0.2, 0) is 6.42 Å². The SMILES string of the molecule is CCc1ccc2ncc3ccccc3c2c1-c1ccccc1. The molecule has 0 unspecified atom stereocenters. The summed E-state index contributed by atoms with van der Waals surface area (Å²) in [5.41, 5.74) is 5.03. The van der Waals surface area contributed by atoms with E-state index >= 15 is 0 Å². The van der Waals surface area contributed by atoms with Crippen LogP contribution in [0.25, 0.3) is 32.8 Å². The van der Waals surface area contributed by atoms with Crippen LogP contribution in [0.5, 0.6) is 0 Å². The van der Waals surface area contributed by atoms with E-state index in [0.29, 0.717) is 0 Å². The fraction of sp³-hybridized carbons (Fsp3) is 0.0952. The van der Waals surface area contributed by atoms with Gasteiger partial charge in [0.15, 0.2) is 0 Å². The largest absolute Gasteiger partial charge is 0.256 e. The van der Waals surface area contributed by atoms with Gasteiger partial charge in [0.2, 0.25) is 0 Å². The summed E-state index contributed by atoms with van der Waals surface area (Å²) in [7, 11) is 0. The highest BCUT2D eigenvalue weighted by Gasteiger charge is 2.12. The molecule has 22 heavy (non-hydrogen) atoms. The summed E-state index contributed by atoms with van der Waals surface area (Å²) in [6, 6.07) is 23.5. The molecule has 0 spiro atoms. The molecule has 1 heteroatoms. The van der Waals surface area contributed by atoms with Crippen LogP contribution < -0.4 is 0 Å². The average Bonchev–Trinajstić information content (AvgIpc) is 2.61. The number of pyridine rings is 1. The molecule has 0 bridgehead atoms. The van der Waals surface area contributed by atoms with Gasteiger partial charge < -0.3 is 0 Å². The van der Waals surface area contributed by atoms with Gasteiger partial charge >= 0.3 is 0 Å². The molecule has 0 saturated carbocycles. The molecule has 0 atom stereocenters. The minimum Gasteiger partial charge on any atom is -0.256 e. The first-order valence-corrected chi connectivity index (χ1v) is 7.73. The molecule has 1 aromatic heterocycles. The number of hydrogen-bond acceptors (Lipinski definition) is 1. The Morgan fingerprint density at radius 2 is 1.59 bits per heavy atom. The van der Waals surface area contributed by atoms with E-state index < -0.39 is 0 Å². The molecule has 106 valence electrons. The van der Waals surface area contributed by atoms with Crippen molar-refractivity contribution >= 4 is 21.7 Å². The molecule has 4 rings (SSSR count). The summed E-state index contributed by atoms with van der Waals surface area (Å²) in [5, 5.41) is 3.74. The zero-order valence-electron chi connectivity index (χ0n) is 12.6. The molecule has 0 aliphatic carbocycles. The molecule has 1 nitrogen and oxygen atoms in total. The van der Waals surface area contributed by atoms with Crippen molar-refractivity contribution in [3.8, 4) is 11.1 Å². The van der Waals surface area contributed by atoms with E-state index in [1.54, 1.807) is 0 Å². The van der Waals surface area contributed by atoms with Crippen LogP contribution in [0.1, 0.15) is 12.5 Å². The van der Waals surface area contributed by atoms with Crippen molar-refractivity contribution in [2.24, 2.45) is 0 Å². The van der Waals surface area contributed by atoms with Gasteiger partial charge in [-0.05, 0) is 34.6 Å². The minimum absolute atomic E-state index is 1.02. The zero-order chi connectivity index (χ0) is 14.9. The second kappa shape index (κ2) is 5.27. The van der Waals surface area contributed by atoms with Gasteiger partial charge in [-0.1, -0.05) is 67.6 Å². The number of hydrogen-bond donors (Lipinski definition) is 0. The second-order valence-corrected chi connectivity index (χ2v) is 5.56. The van der Waals surface area contributed by atoms with Gasteiger partial charge in [-0.2, -0.15) is 0 Å². The van der Waals surface area contributed by atoms with E-state index in [2.05, 4.69) is 78.6 Å². The molecule has 0 amide bonds. The summed E-state index contributed by atoms with van der Waals surface area (Å²) in [5.74, 6) is 0. The summed E-state index contributed by atoms with van der Waals surface area (Å²) in [6.45, 7) is 2.21. The molecule has 0 aliphatic rings. The van der Waals surface area contributed by atoms with Crippen LogP contribution in [0, 0.1) is 0 Å². The van der Waals surface area contributed by atoms with Crippen molar-refractivity contribution in [1.82, 2.24) is 4.98 Å². The van der Waals surface area contributed by atoms with Gasteiger partial charge in [0.05, 0.1) is 5.52 Å². The molecule has 3 aromatic carbocycles.